The second kappa shape index (κ2) is 7.35. The van der Waals surface area contributed by atoms with Crippen molar-refractivity contribution in [2.24, 2.45) is 5.92 Å². The molecule has 2 saturated heterocycles. The summed E-state index contributed by atoms with van der Waals surface area (Å²) in [6, 6.07) is 20.3. The van der Waals surface area contributed by atoms with Crippen molar-refractivity contribution < 1.29 is 9.53 Å². The predicted molar refractivity (Wildman–Crippen MR) is 95.5 cm³/mol. The van der Waals surface area contributed by atoms with E-state index < -0.39 is 0 Å². The number of ether oxygens (including phenoxy) is 1. The lowest BCUT2D eigenvalue weighted by Gasteiger charge is -2.35. The van der Waals surface area contributed by atoms with Gasteiger partial charge in [-0.1, -0.05) is 60.7 Å². The number of carbonyl (C=O) groups is 1. The van der Waals surface area contributed by atoms with Crippen LogP contribution >= 0.6 is 0 Å². The van der Waals surface area contributed by atoms with Crippen molar-refractivity contribution in [2.75, 3.05) is 26.2 Å². The molecule has 2 aromatic rings. The molecular formula is C20H23N3O2. The average molecular weight is 337 g/mol. The van der Waals surface area contributed by atoms with Gasteiger partial charge in [0.15, 0.2) is 0 Å². The quantitative estimate of drug-likeness (QED) is 0.900. The molecule has 2 aromatic carbocycles. The summed E-state index contributed by atoms with van der Waals surface area (Å²) < 4.78 is 5.89. The summed E-state index contributed by atoms with van der Waals surface area (Å²) in [5.74, 6) is 0.0903. The van der Waals surface area contributed by atoms with Crippen LogP contribution in [-0.2, 0) is 9.53 Å². The van der Waals surface area contributed by atoms with E-state index in [0.29, 0.717) is 26.2 Å². The van der Waals surface area contributed by atoms with Gasteiger partial charge < -0.3 is 9.64 Å². The highest BCUT2D eigenvalue weighted by atomic mass is 16.5. The first kappa shape index (κ1) is 16.3. The van der Waals surface area contributed by atoms with Crippen LogP contribution in [0.25, 0.3) is 0 Å². The second-order valence-corrected chi connectivity index (χ2v) is 6.57. The lowest BCUT2D eigenvalue weighted by atomic mass is 9.93. The topological polar surface area (TPSA) is 53.6 Å². The molecule has 2 aliphatic rings. The Balaban J connectivity index is 1.48. The number of hydrazine groups is 1. The van der Waals surface area contributed by atoms with Crippen molar-refractivity contribution in [2.45, 2.75) is 12.1 Å². The SMILES string of the molecule is O=C(C1CNNC1c1ccccc1)N1CCOC(c2ccccc2)C1. The maximum Gasteiger partial charge on any atom is 0.229 e. The normalized spacial score (nSPS) is 26.6. The lowest BCUT2D eigenvalue weighted by Crippen LogP contribution is -2.46. The predicted octanol–water partition coefficient (Wildman–Crippen LogP) is 2.05. The van der Waals surface area contributed by atoms with Crippen molar-refractivity contribution in [1.82, 2.24) is 15.8 Å². The molecule has 0 saturated carbocycles. The first-order valence-corrected chi connectivity index (χ1v) is 8.81. The molecule has 1 amide bonds. The first-order valence-electron chi connectivity index (χ1n) is 8.81. The minimum Gasteiger partial charge on any atom is -0.370 e. The van der Waals surface area contributed by atoms with Crippen molar-refractivity contribution in [3.8, 4) is 0 Å². The third-order valence-corrected chi connectivity index (χ3v) is 5.01. The highest BCUT2D eigenvalue weighted by Crippen LogP contribution is 2.29. The number of benzene rings is 2. The molecule has 0 aliphatic carbocycles. The fraction of sp³-hybridized carbons (Fsp3) is 0.350. The maximum atomic E-state index is 13.2. The number of rotatable bonds is 3. The first-order chi connectivity index (χ1) is 12.3. The molecule has 4 rings (SSSR count). The number of morpholine rings is 1. The van der Waals surface area contributed by atoms with E-state index in [1.807, 2.05) is 41.3 Å². The molecule has 2 heterocycles. The fourth-order valence-electron chi connectivity index (χ4n) is 3.66. The molecule has 2 fully saturated rings. The lowest BCUT2D eigenvalue weighted by molar-refractivity contribution is -0.143. The third-order valence-electron chi connectivity index (χ3n) is 5.01. The van der Waals surface area contributed by atoms with Crippen LogP contribution in [0.15, 0.2) is 60.7 Å². The number of carbonyl (C=O) groups excluding carboxylic acids is 1. The van der Waals surface area contributed by atoms with Gasteiger partial charge in [0.2, 0.25) is 5.91 Å². The van der Waals surface area contributed by atoms with Gasteiger partial charge in [-0.3, -0.25) is 10.2 Å². The zero-order valence-electron chi connectivity index (χ0n) is 14.1. The van der Waals surface area contributed by atoms with Crippen LogP contribution in [-0.4, -0.2) is 37.0 Å². The molecule has 25 heavy (non-hydrogen) atoms. The van der Waals surface area contributed by atoms with E-state index in [1.165, 1.54) is 0 Å². The molecule has 0 radical (unpaired) electrons. The second-order valence-electron chi connectivity index (χ2n) is 6.57. The van der Waals surface area contributed by atoms with Gasteiger partial charge in [0.25, 0.3) is 0 Å². The molecule has 0 bridgehead atoms. The van der Waals surface area contributed by atoms with Gasteiger partial charge in [0.1, 0.15) is 6.10 Å². The van der Waals surface area contributed by atoms with Gasteiger partial charge >= 0.3 is 0 Å². The van der Waals surface area contributed by atoms with Crippen LogP contribution in [0, 0.1) is 5.92 Å². The number of hydrogen-bond acceptors (Lipinski definition) is 4. The van der Waals surface area contributed by atoms with Gasteiger partial charge in [-0.25, -0.2) is 5.43 Å². The number of nitrogens with one attached hydrogen (secondary N) is 2. The van der Waals surface area contributed by atoms with Crippen molar-refractivity contribution >= 4 is 5.91 Å². The van der Waals surface area contributed by atoms with Crippen LogP contribution < -0.4 is 10.9 Å². The Morgan fingerprint density at radius 3 is 2.40 bits per heavy atom. The average Bonchev–Trinajstić information content (AvgIpc) is 3.19. The van der Waals surface area contributed by atoms with Gasteiger partial charge in [-0.2, -0.15) is 0 Å². The Morgan fingerprint density at radius 1 is 1.00 bits per heavy atom. The minimum absolute atomic E-state index is 0.00622. The Hall–Kier alpha value is -2.21. The monoisotopic (exact) mass is 337 g/mol. The van der Waals surface area contributed by atoms with E-state index >= 15 is 0 Å². The van der Waals surface area contributed by atoms with E-state index in [1.54, 1.807) is 0 Å². The molecule has 2 N–H and O–H groups in total. The number of nitrogens with zero attached hydrogens (tertiary/aromatic N) is 1. The van der Waals surface area contributed by atoms with Crippen LogP contribution in [0.2, 0.25) is 0 Å². The van der Waals surface area contributed by atoms with E-state index in [4.69, 9.17) is 4.74 Å². The summed E-state index contributed by atoms with van der Waals surface area (Å²) in [7, 11) is 0. The highest BCUT2D eigenvalue weighted by molar-refractivity contribution is 5.80. The minimum atomic E-state index is -0.100. The maximum absolute atomic E-state index is 13.2. The van der Waals surface area contributed by atoms with E-state index in [0.717, 1.165) is 11.1 Å². The summed E-state index contributed by atoms with van der Waals surface area (Å²) in [5.41, 5.74) is 8.68. The molecule has 0 aromatic heterocycles. The van der Waals surface area contributed by atoms with Crippen molar-refractivity contribution in [3.05, 3.63) is 71.8 Å². The van der Waals surface area contributed by atoms with Gasteiger partial charge in [-0.15, -0.1) is 0 Å². The van der Waals surface area contributed by atoms with Gasteiger partial charge in [-0.05, 0) is 11.1 Å². The summed E-state index contributed by atoms with van der Waals surface area (Å²) in [6.07, 6.45) is -0.0450. The van der Waals surface area contributed by atoms with Crippen molar-refractivity contribution in [3.63, 3.8) is 0 Å². The summed E-state index contributed by atoms with van der Waals surface area (Å²) >= 11 is 0. The standard InChI is InChI=1S/C20H23N3O2/c24-20(17-13-21-22-19(17)16-9-5-2-6-10-16)23-11-12-25-18(14-23)15-7-3-1-4-8-15/h1-10,17-19,21-22H,11-14H2. The zero-order valence-corrected chi connectivity index (χ0v) is 14.1. The molecular weight excluding hydrogens is 314 g/mol. The molecule has 5 heteroatoms. The molecule has 3 atom stereocenters. The Bertz CT molecular complexity index is 707. The summed E-state index contributed by atoms with van der Waals surface area (Å²) in [4.78, 5) is 15.1. The van der Waals surface area contributed by atoms with E-state index in [2.05, 4.69) is 35.1 Å². The Kier molecular flexibility index (Phi) is 4.78. The molecule has 2 aliphatic heterocycles. The summed E-state index contributed by atoms with van der Waals surface area (Å²) in [6.45, 7) is 2.49. The zero-order chi connectivity index (χ0) is 17.1. The number of hydrogen-bond donors (Lipinski definition) is 2. The van der Waals surface area contributed by atoms with Gasteiger partial charge in [0.05, 0.1) is 25.1 Å². The van der Waals surface area contributed by atoms with E-state index in [-0.39, 0.29) is 24.0 Å². The van der Waals surface area contributed by atoms with Crippen LogP contribution in [0.1, 0.15) is 23.3 Å². The van der Waals surface area contributed by atoms with Crippen LogP contribution in [0.5, 0.6) is 0 Å². The largest absolute Gasteiger partial charge is 0.370 e. The fourth-order valence-corrected chi connectivity index (χ4v) is 3.66. The summed E-state index contributed by atoms with van der Waals surface area (Å²) in [5, 5.41) is 0. The third kappa shape index (κ3) is 3.44. The van der Waals surface area contributed by atoms with Crippen LogP contribution in [0.4, 0.5) is 0 Å². The Morgan fingerprint density at radius 2 is 1.68 bits per heavy atom. The van der Waals surface area contributed by atoms with Crippen LogP contribution in [0.3, 0.4) is 0 Å². The van der Waals surface area contributed by atoms with Crippen molar-refractivity contribution in [1.29, 1.82) is 0 Å². The smallest absolute Gasteiger partial charge is 0.229 e. The Labute approximate surface area is 148 Å². The molecule has 3 unspecified atom stereocenters. The molecule has 5 nitrogen and oxygen atoms in total. The van der Waals surface area contributed by atoms with Gasteiger partial charge in [0, 0.05) is 13.1 Å². The molecule has 130 valence electrons. The highest BCUT2D eigenvalue weighted by Gasteiger charge is 2.38. The number of amides is 1. The molecule has 0 spiro atoms. The van der Waals surface area contributed by atoms with E-state index in [9.17, 15) is 4.79 Å².